The van der Waals surface area contributed by atoms with E-state index in [0.29, 0.717) is 16.4 Å². The van der Waals surface area contributed by atoms with Crippen molar-refractivity contribution in [2.75, 3.05) is 17.2 Å². The lowest BCUT2D eigenvalue weighted by molar-refractivity contribution is -0.384. The highest BCUT2D eigenvalue weighted by Crippen LogP contribution is 2.25. The molecular formula is C18H15Cl2N3O6. The Bertz CT molecular complexity index is 934. The summed E-state index contributed by atoms with van der Waals surface area (Å²) < 4.78 is 4.81. The minimum atomic E-state index is -0.735. The number of nitro benzene ring substituents is 1. The van der Waals surface area contributed by atoms with Gasteiger partial charge in [-0.2, -0.15) is 0 Å². The lowest BCUT2D eigenvalue weighted by Crippen LogP contribution is -2.22. The predicted octanol–water partition coefficient (Wildman–Crippen LogP) is 3.80. The molecule has 2 N–H and O–H groups in total. The number of hydrogen-bond donors (Lipinski definition) is 2. The molecule has 0 atom stereocenters. The Hall–Kier alpha value is -3.17. The summed E-state index contributed by atoms with van der Waals surface area (Å²) >= 11 is 11.7. The van der Waals surface area contributed by atoms with Gasteiger partial charge < -0.3 is 15.4 Å². The summed E-state index contributed by atoms with van der Waals surface area (Å²) in [5.74, 6) is -1.81. The number of anilines is 2. The Morgan fingerprint density at radius 1 is 0.966 bits per heavy atom. The SMILES string of the molecule is O=C(CCC(=O)OCC(=O)Nc1ccc(Cl)cc1Cl)Nc1ccc([N+](=O)[O-])cc1. The molecule has 0 aliphatic carbocycles. The Morgan fingerprint density at radius 2 is 1.66 bits per heavy atom. The maximum atomic E-state index is 11.8. The highest BCUT2D eigenvalue weighted by Gasteiger charge is 2.12. The van der Waals surface area contributed by atoms with E-state index in [4.69, 9.17) is 27.9 Å². The van der Waals surface area contributed by atoms with E-state index >= 15 is 0 Å². The first-order chi connectivity index (χ1) is 13.7. The summed E-state index contributed by atoms with van der Waals surface area (Å²) in [6.45, 7) is -0.540. The molecule has 11 heteroatoms. The van der Waals surface area contributed by atoms with Crippen molar-refractivity contribution >= 4 is 58.0 Å². The summed E-state index contributed by atoms with van der Waals surface area (Å²) in [6, 6.07) is 9.74. The normalized spacial score (nSPS) is 10.1. The molecule has 2 aromatic rings. The van der Waals surface area contributed by atoms with Crippen LogP contribution in [0.5, 0.6) is 0 Å². The molecule has 2 aromatic carbocycles. The summed E-state index contributed by atoms with van der Waals surface area (Å²) in [5, 5.41) is 16.2. The minimum absolute atomic E-state index is 0.107. The largest absolute Gasteiger partial charge is 0.456 e. The van der Waals surface area contributed by atoms with Gasteiger partial charge in [0.1, 0.15) is 0 Å². The number of benzene rings is 2. The van der Waals surface area contributed by atoms with E-state index in [0.717, 1.165) is 0 Å². The number of carbonyl (C=O) groups excluding carboxylic acids is 3. The van der Waals surface area contributed by atoms with Gasteiger partial charge in [-0.15, -0.1) is 0 Å². The zero-order valence-corrected chi connectivity index (χ0v) is 16.3. The van der Waals surface area contributed by atoms with Crippen molar-refractivity contribution in [3.05, 3.63) is 62.6 Å². The van der Waals surface area contributed by atoms with Crippen molar-refractivity contribution in [3.63, 3.8) is 0 Å². The van der Waals surface area contributed by atoms with Crippen molar-refractivity contribution in [1.82, 2.24) is 0 Å². The first kappa shape index (κ1) is 22.1. The van der Waals surface area contributed by atoms with Gasteiger partial charge in [0, 0.05) is 29.3 Å². The molecule has 0 aliphatic rings. The number of hydrogen-bond acceptors (Lipinski definition) is 6. The van der Waals surface area contributed by atoms with Crippen molar-refractivity contribution in [2.24, 2.45) is 0 Å². The minimum Gasteiger partial charge on any atom is -0.456 e. The van der Waals surface area contributed by atoms with Crippen molar-refractivity contribution in [3.8, 4) is 0 Å². The zero-order chi connectivity index (χ0) is 21.4. The number of nitrogens with one attached hydrogen (secondary N) is 2. The molecule has 0 aliphatic heterocycles. The summed E-state index contributed by atoms with van der Waals surface area (Å²) in [4.78, 5) is 45.3. The smallest absolute Gasteiger partial charge is 0.306 e. The summed E-state index contributed by atoms with van der Waals surface area (Å²) in [6.07, 6.45) is -0.422. The van der Waals surface area contributed by atoms with Crippen LogP contribution in [0.4, 0.5) is 17.1 Å². The number of carbonyl (C=O) groups is 3. The Kier molecular flexibility index (Phi) is 7.93. The number of halogens is 2. The van der Waals surface area contributed by atoms with E-state index in [-0.39, 0.29) is 23.6 Å². The lowest BCUT2D eigenvalue weighted by Gasteiger charge is -2.08. The molecule has 0 aromatic heterocycles. The fraction of sp³-hybridized carbons (Fsp3) is 0.167. The average molecular weight is 440 g/mol. The van der Waals surface area contributed by atoms with Crippen LogP contribution in [0, 0.1) is 10.1 Å². The molecule has 152 valence electrons. The van der Waals surface area contributed by atoms with Crippen molar-refractivity contribution in [2.45, 2.75) is 12.8 Å². The molecule has 9 nitrogen and oxygen atoms in total. The van der Waals surface area contributed by atoms with Gasteiger partial charge in [0.25, 0.3) is 11.6 Å². The van der Waals surface area contributed by atoms with E-state index < -0.39 is 29.3 Å². The number of ether oxygens (including phenoxy) is 1. The van der Waals surface area contributed by atoms with E-state index in [9.17, 15) is 24.5 Å². The third kappa shape index (κ3) is 7.40. The highest BCUT2D eigenvalue weighted by molar-refractivity contribution is 6.36. The van der Waals surface area contributed by atoms with Gasteiger partial charge in [-0.3, -0.25) is 24.5 Å². The zero-order valence-electron chi connectivity index (χ0n) is 14.8. The van der Waals surface area contributed by atoms with Crippen molar-refractivity contribution in [1.29, 1.82) is 0 Å². The Balaban J connectivity index is 1.71. The molecule has 0 radical (unpaired) electrons. The summed E-state index contributed by atoms with van der Waals surface area (Å²) in [7, 11) is 0. The van der Waals surface area contributed by atoms with E-state index in [1.54, 1.807) is 6.07 Å². The highest BCUT2D eigenvalue weighted by atomic mass is 35.5. The second-order valence-electron chi connectivity index (χ2n) is 5.69. The lowest BCUT2D eigenvalue weighted by atomic mass is 10.2. The molecule has 29 heavy (non-hydrogen) atoms. The van der Waals surface area contributed by atoms with Crippen LogP contribution in [-0.4, -0.2) is 29.3 Å². The number of esters is 1. The molecule has 0 heterocycles. The maximum absolute atomic E-state index is 11.8. The van der Waals surface area contributed by atoms with Gasteiger partial charge in [0.05, 0.1) is 22.1 Å². The van der Waals surface area contributed by atoms with Crippen LogP contribution in [0.1, 0.15) is 12.8 Å². The Morgan fingerprint density at radius 3 is 2.28 bits per heavy atom. The van der Waals surface area contributed by atoms with Crippen LogP contribution in [0.15, 0.2) is 42.5 Å². The molecule has 2 rings (SSSR count). The van der Waals surface area contributed by atoms with Gasteiger partial charge in [-0.1, -0.05) is 23.2 Å². The van der Waals surface area contributed by atoms with Crippen molar-refractivity contribution < 1.29 is 24.0 Å². The molecule has 2 amide bonds. The second-order valence-corrected chi connectivity index (χ2v) is 6.53. The first-order valence-electron chi connectivity index (χ1n) is 8.19. The second kappa shape index (κ2) is 10.4. The standard InChI is InChI=1S/C18H15Cl2N3O6/c19-11-1-6-15(14(20)9-11)22-17(25)10-29-18(26)8-7-16(24)21-12-2-4-13(5-3-12)23(27)28/h1-6,9H,7-8,10H2,(H,21,24)(H,22,25). The molecule has 0 saturated heterocycles. The van der Waals surface area contributed by atoms with Crippen LogP contribution >= 0.6 is 23.2 Å². The van der Waals surface area contributed by atoms with Crippen LogP contribution in [0.25, 0.3) is 0 Å². The number of nitro groups is 1. The molecule has 0 bridgehead atoms. The van der Waals surface area contributed by atoms with Gasteiger partial charge in [-0.05, 0) is 30.3 Å². The predicted molar refractivity (Wildman–Crippen MR) is 107 cm³/mol. The molecule has 0 fully saturated rings. The molecule has 0 spiro atoms. The molecular weight excluding hydrogens is 425 g/mol. The number of rotatable bonds is 8. The van der Waals surface area contributed by atoms with E-state index in [1.807, 2.05) is 0 Å². The quantitative estimate of drug-likeness (QED) is 0.365. The fourth-order valence-electron chi connectivity index (χ4n) is 2.10. The molecule has 0 saturated carbocycles. The van der Waals surface area contributed by atoms with Gasteiger partial charge in [0.15, 0.2) is 6.61 Å². The van der Waals surface area contributed by atoms with Crippen LogP contribution in [-0.2, 0) is 19.1 Å². The average Bonchev–Trinajstić information content (AvgIpc) is 2.67. The maximum Gasteiger partial charge on any atom is 0.306 e. The fourth-order valence-corrected chi connectivity index (χ4v) is 2.56. The van der Waals surface area contributed by atoms with Crippen LogP contribution in [0.3, 0.4) is 0 Å². The van der Waals surface area contributed by atoms with E-state index in [1.165, 1.54) is 36.4 Å². The van der Waals surface area contributed by atoms with E-state index in [2.05, 4.69) is 10.6 Å². The first-order valence-corrected chi connectivity index (χ1v) is 8.95. The monoisotopic (exact) mass is 439 g/mol. The summed E-state index contributed by atoms with van der Waals surface area (Å²) in [5.41, 5.74) is 0.567. The van der Waals surface area contributed by atoms with Gasteiger partial charge in [-0.25, -0.2) is 0 Å². The van der Waals surface area contributed by atoms with Gasteiger partial charge >= 0.3 is 5.97 Å². The number of amides is 2. The topological polar surface area (TPSA) is 128 Å². The third-order valence-corrected chi connectivity index (χ3v) is 4.04. The Labute approximate surface area is 175 Å². The van der Waals surface area contributed by atoms with Crippen LogP contribution < -0.4 is 10.6 Å². The number of non-ortho nitro benzene ring substituents is 1. The van der Waals surface area contributed by atoms with Gasteiger partial charge in [0.2, 0.25) is 5.91 Å². The number of nitrogens with zero attached hydrogens (tertiary/aromatic N) is 1. The molecule has 0 unspecified atom stereocenters. The third-order valence-electron chi connectivity index (χ3n) is 3.49. The van der Waals surface area contributed by atoms with Crippen LogP contribution in [0.2, 0.25) is 10.0 Å².